The van der Waals surface area contributed by atoms with Crippen LogP contribution in [0, 0.1) is 0 Å². The summed E-state index contributed by atoms with van der Waals surface area (Å²) in [7, 11) is 3.84. The van der Waals surface area contributed by atoms with Crippen molar-refractivity contribution in [3.8, 4) is 0 Å². The summed E-state index contributed by atoms with van der Waals surface area (Å²) >= 11 is 5.16. The summed E-state index contributed by atoms with van der Waals surface area (Å²) in [5.74, 6) is -0.463. The predicted molar refractivity (Wildman–Crippen MR) is 121 cm³/mol. The van der Waals surface area contributed by atoms with E-state index in [1.165, 1.54) is 4.90 Å². The molecule has 0 aromatic heterocycles. The van der Waals surface area contributed by atoms with Crippen molar-refractivity contribution in [3.63, 3.8) is 0 Å². The van der Waals surface area contributed by atoms with E-state index in [2.05, 4.69) is 16.0 Å². The molecule has 0 unspecified atom stereocenters. The number of carbonyl (C=O) groups is 2. The van der Waals surface area contributed by atoms with Crippen LogP contribution in [0.2, 0.25) is 0 Å². The highest BCUT2D eigenvalue weighted by molar-refractivity contribution is 7.80. The largest absolute Gasteiger partial charge is 0.383 e. The van der Waals surface area contributed by atoms with Crippen LogP contribution in [0.3, 0.4) is 0 Å². The number of nitrogens with one attached hydrogen (secondary N) is 3. The molecule has 0 aliphatic carbocycles. The van der Waals surface area contributed by atoms with E-state index in [0.29, 0.717) is 42.4 Å². The van der Waals surface area contributed by atoms with Gasteiger partial charge in [0.25, 0.3) is 11.8 Å². The molecule has 0 saturated carbocycles. The maximum atomic E-state index is 13.0. The zero-order chi connectivity index (χ0) is 21.0. The van der Waals surface area contributed by atoms with E-state index in [0.717, 1.165) is 23.0 Å². The average molecular weight is 414 g/mol. The number of carbonyl (C=O) groups excluding carboxylic acids is 2. The molecule has 0 saturated heterocycles. The van der Waals surface area contributed by atoms with Crippen molar-refractivity contribution in [3.05, 3.63) is 41.5 Å². The molecule has 0 atom stereocenters. The summed E-state index contributed by atoms with van der Waals surface area (Å²) in [4.78, 5) is 29.2. The molecule has 0 fully saturated rings. The molecular weight excluding hydrogens is 386 g/mol. The first-order valence-corrected chi connectivity index (χ1v) is 10.2. The molecule has 29 heavy (non-hydrogen) atoms. The Morgan fingerprint density at radius 3 is 2.45 bits per heavy atom. The molecule has 2 aromatic rings. The molecule has 2 amide bonds. The molecule has 0 bridgehead atoms. The van der Waals surface area contributed by atoms with Crippen LogP contribution < -0.4 is 16.0 Å². The van der Waals surface area contributed by atoms with Crippen LogP contribution >= 0.6 is 12.2 Å². The van der Waals surface area contributed by atoms with Crippen molar-refractivity contribution in [2.45, 2.75) is 6.92 Å². The minimum Gasteiger partial charge on any atom is -0.383 e. The fraction of sp³-hybridized carbons (Fsp3) is 0.381. The standard InChI is InChI=1S/C21H27N5O2S/c1-4-22-21(29)24-11-10-23-17-9-8-16-18-14(17)6-5-7-15(18)19(27)26(20(16)28)13-12-25(2)3/h5-9,23H,4,10-13H2,1-3H3,(H2,22,24,29). The number of imide groups is 1. The van der Waals surface area contributed by atoms with E-state index in [1.54, 1.807) is 6.07 Å². The Morgan fingerprint density at radius 1 is 1.03 bits per heavy atom. The van der Waals surface area contributed by atoms with Gasteiger partial charge in [0.2, 0.25) is 0 Å². The smallest absolute Gasteiger partial charge is 0.261 e. The van der Waals surface area contributed by atoms with Gasteiger partial charge < -0.3 is 20.9 Å². The minimum atomic E-state index is -0.232. The van der Waals surface area contributed by atoms with Gasteiger partial charge in [0, 0.05) is 60.3 Å². The quantitative estimate of drug-likeness (QED) is 0.347. The second kappa shape index (κ2) is 9.19. The molecule has 1 aliphatic rings. The van der Waals surface area contributed by atoms with Gasteiger partial charge in [0.05, 0.1) is 0 Å². The molecule has 2 aromatic carbocycles. The summed E-state index contributed by atoms with van der Waals surface area (Å²) in [6, 6.07) is 9.31. The first kappa shape index (κ1) is 21.0. The van der Waals surface area contributed by atoms with Crippen molar-refractivity contribution in [2.24, 2.45) is 0 Å². The Bertz CT molecular complexity index is 922. The number of anilines is 1. The highest BCUT2D eigenvalue weighted by Gasteiger charge is 2.32. The van der Waals surface area contributed by atoms with E-state index < -0.39 is 0 Å². The van der Waals surface area contributed by atoms with Crippen LogP contribution in [0.25, 0.3) is 10.8 Å². The van der Waals surface area contributed by atoms with Gasteiger partial charge in [0.1, 0.15) is 0 Å². The van der Waals surface area contributed by atoms with Crippen molar-refractivity contribution < 1.29 is 9.59 Å². The van der Waals surface area contributed by atoms with Crippen LogP contribution in [0.15, 0.2) is 30.3 Å². The zero-order valence-corrected chi connectivity index (χ0v) is 17.9. The fourth-order valence-corrected chi connectivity index (χ4v) is 3.65. The third-order valence-corrected chi connectivity index (χ3v) is 5.11. The number of amides is 2. The van der Waals surface area contributed by atoms with Crippen LogP contribution in [-0.2, 0) is 0 Å². The third kappa shape index (κ3) is 4.49. The van der Waals surface area contributed by atoms with Crippen molar-refractivity contribution in [1.29, 1.82) is 0 Å². The van der Waals surface area contributed by atoms with Gasteiger partial charge in [-0.3, -0.25) is 14.5 Å². The molecule has 0 radical (unpaired) electrons. The highest BCUT2D eigenvalue weighted by atomic mass is 32.1. The van der Waals surface area contributed by atoms with Crippen LogP contribution in [0.5, 0.6) is 0 Å². The molecule has 0 spiro atoms. The topological polar surface area (TPSA) is 76.7 Å². The van der Waals surface area contributed by atoms with Crippen molar-refractivity contribution in [2.75, 3.05) is 52.1 Å². The third-order valence-electron chi connectivity index (χ3n) is 4.83. The Morgan fingerprint density at radius 2 is 1.76 bits per heavy atom. The van der Waals surface area contributed by atoms with Crippen LogP contribution in [0.4, 0.5) is 5.69 Å². The lowest BCUT2D eigenvalue weighted by molar-refractivity contribution is 0.0601. The summed E-state index contributed by atoms with van der Waals surface area (Å²) in [5, 5.41) is 11.8. The molecule has 1 aliphatic heterocycles. The number of thiocarbonyl (C=S) groups is 1. The second-order valence-corrected chi connectivity index (χ2v) is 7.58. The Kier molecular flexibility index (Phi) is 6.66. The lowest BCUT2D eigenvalue weighted by Crippen LogP contribution is -2.43. The normalized spacial score (nSPS) is 13.2. The van der Waals surface area contributed by atoms with Gasteiger partial charge in [-0.25, -0.2) is 0 Å². The van der Waals surface area contributed by atoms with Gasteiger partial charge in [-0.1, -0.05) is 12.1 Å². The molecule has 1 heterocycles. The molecule has 3 N–H and O–H groups in total. The average Bonchev–Trinajstić information content (AvgIpc) is 2.69. The summed E-state index contributed by atoms with van der Waals surface area (Å²) < 4.78 is 0. The number of hydrogen-bond acceptors (Lipinski definition) is 5. The Hall–Kier alpha value is -2.71. The van der Waals surface area contributed by atoms with Gasteiger partial charge >= 0.3 is 0 Å². The van der Waals surface area contributed by atoms with Crippen LogP contribution in [0.1, 0.15) is 27.6 Å². The second-order valence-electron chi connectivity index (χ2n) is 7.17. The van der Waals surface area contributed by atoms with Crippen LogP contribution in [-0.4, -0.2) is 73.5 Å². The summed E-state index contributed by atoms with van der Waals surface area (Å²) in [5.41, 5.74) is 2.04. The van der Waals surface area contributed by atoms with E-state index in [4.69, 9.17) is 12.2 Å². The fourth-order valence-electron chi connectivity index (χ4n) is 3.40. The van der Waals surface area contributed by atoms with Crippen molar-refractivity contribution >= 4 is 45.6 Å². The van der Waals surface area contributed by atoms with Gasteiger partial charge in [-0.2, -0.15) is 0 Å². The van der Waals surface area contributed by atoms with Gasteiger partial charge in [-0.15, -0.1) is 0 Å². The molecule has 7 nitrogen and oxygen atoms in total. The Balaban J connectivity index is 1.82. The Labute approximate surface area is 176 Å². The van der Waals surface area contributed by atoms with E-state index in [9.17, 15) is 9.59 Å². The van der Waals surface area contributed by atoms with E-state index >= 15 is 0 Å². The summed E-state index contributed by atoms with van der Waals surface area (Å²) in [6.45, 7) is 5.08. The van der Waals surface area contributed by atoms with Gasteiger partial charge in [-0.05, 0) is 51.4 Å². The maximum absolute atomic E-state index is 13.0. The number of rotatable bonds is 8. The molecule has 3 rings (SSSR count). The lowest BCUT2D eigenvalue weighted by atomic mass is 9.93. The first-order chi connectivity index (χ1) is 13.9. The van der Waals surface area contributed by atoms with E-state index in [1.807, 2.05) is 50.2 Å². The van der Waals surface area contributed by atoms with Gasteiger partial charge in [0.15, 0.2) is 5.11 Å². The maximum Gasteiger partial charge on any atom is 0.261 e. The predicted octanol–water partition coefficient (Wildman–Crippen LogP) is 1.89. The first-order valence-electron chi connectivity index (χ1n) is 9.76. The number of hydrogen-bond donors (Lipinski definition) is 3. The number of nitrogens with zero attached hydrogens (tertiary/aromatic N) is 2. The molecular formula is C21H27N5O2S. The van der Waals surface area contributed by atoms with E-state index in [-0.39, 0.29) is 11.8 Å². The molecule has 8 heteroatoms. The number of likely N-dealkylation sites (N-methyl/N-ethyl adjacent to an activating group) is 1. The SMILES string of the molecule is CCNC(=S)NCCNc1ccc2c3c(cccc13)C(=O)N(CCN(C)C)C2=O. The number of benzene rings is 2. The minimum absolute atomic E-state index is 0.232. The summed E-state index contributed by atoms with van der Waals surface area (Å²) in [6.07, 6.45) is 0. The van der Waals surface area contributed by atoms with Crippen molar-refractivity contribution in [1.82, 2.24) is 20.4 Å². The lowest BCUT2D eigenvalue weighted by Gasteiger charge is -2.28. The monoisotopic (exact) mass is 413 g/mol. The molecule has 154 valence electrons. The highest BCUT2D eigenvalue weighted by Crippen LogP contribution is 2.34. The zero-order valence-electron chi connectivity index (χ0n) is 17.0.